The van der Waals surface area contributed by atoms with Gasteiger partial charge in [-0.1, -0.05) is 0 Å². The third kappa shape index (κ3) is 1.55. The fourth-order valence-corrected chi connectivity index (χ4v) is 2.78. The van der Waals surface area contributed by atoms with Gasteiger partial charge in [-0.2, -0.15) is 8.75 Å². The molecule has 0 spiro atoms. The Labute approximate surface area is 87.0 Å². The minimum atomic E-state index is 0.451. The standard InChI is InChI=1S/C9H13N3OS/c1-2-9-8(3-7(1)13-9)10-4-6-5-11-14-12-6/h5,7-10H,1-4H2. The monoisotopic (exact) mass is 211 g/mol. The van der Waals surface area contributed by atoms with Crippen LogP contribution in [0, 0.1) is 0 Å². The average molecular weight is 211 g/mol. The zero-order valence-corrected chi connectivity index (χ0v) is 8.67. The molecule has 2 aliphatic heterocycles. The Morgan fingerprint density at radius 1 is 1.57 bits per heavy atom. The summed E-state index contributed by atoms with van der Waals surface area (Å²) >= 11 is 1.27. The Hall–Kier alpha value is -0.520. The maximum Gasteiger partial charge on any atom is 0.0880 e. The first-order chi connectivity index (χ1) is 6.92. The van der Waals surface area contributed by atoms with Crippen LogP contribution >= 0.6 is 11.7 Å². The normalized spacial score (nSPS) is 35.3. The zero-order valence-electron chi connectivity index (χ0n) is 7.85. The second-order valence-electron chi connectivity index (χ2n) is 4.00. The van der Waals surface area contributed by atoms with E-state index in [2.05, 4.69) is 14.1 Å². The SMILES string of the molecule is c1nsnc1CNC1CC2CCC1O2. The fraction of sp³-hybridized carbons (Fsp3) is 0.778. The first-order valence-corrected chi connectivity index (χ1v) is 5.80. The highest BCUT2D eigenvalue weighted by atomic mass is 32.1. The van der Waals surface area contributed by atoms with E-state index in [1.54, 1.807) is 0 Å². The van der Waals surface area contributed by atoms with Gasteiger partial charge in [-0.3, -0.25) is 0 Å². The van der Waals surface area contributed by atoms with Gasteiger partial charge in [0.1, 0.15) is 0 Å². The van der Waals surface area contributed by atoms with Crippen molar-refractivity contribution in [3.8, 4) is 0 Å². The fourth-order valence-electron chi connectivity index (χ4n) is 2.35. The summed E-state index contributed by atoms with van der Waals surface area (Å²) in [5.41, 5.74) is 1.04. The topological polar surface area (TPSA) is 47.0 Å². The molecule has 2 saturated heterocycles. The molecule has 3 heterocycles. The highest BCUT2D eigenvalue weighted by Crippen LogP contribution is 2.34. The molecule has 1 aromatic rings. The maximum atomic E-state index is 5.76. The highest BCUT2D eigenvalue weighted by molar-refractivity contribution is 6.99. The van der Waals surface area contributed by atoms with Crippen molar-refractivity contribution in [1.29, 1.82) is 0 Å². The molecule has 1 N–H and O–H groups in total. The molecule has 14 heavy (non-hydrogen) atoms. The van der Waals surface area contributed by atoms with Crippen LogP contribution in [0.1, 0.15) is 25.0 Å². The van der Waals surface area contributed by atoms with Crippen LogP contribution < -0.4 is 5.32 Å². The Bertz CT molecular complexity index is 303. The Kier molecular flexibility index (Phi) is 2.23. The van der Waals surface area contributed by atoms with E-state index in [1.807, 2.05) is 6.20 Å². The zero-order chi connectivity index (χ0) is 9.38. The van der Waals surface area contributed by atoms with Gasteiger partial charge in [-0.15, -0.1) is 0 Å². The van der Waals surface area contributed by atoms with Crippen molar-refractivity contribution in [2.24, 2.45) is 0 Å². The number of rotatable bonds is 3. The first-order valence-electron chi connectivity index (χ1n) is 5.07. The summed E-state index contributed by atoms with van der Waals surface area (Å²) in [6.45, 7) is 0.827. The number of ether oxygens (including phenoxy) is 1. The van der Waals surface area contributed by atoms with E-state index in [0.29, 0.717) is 18.2 Å². The molecule has 3 atom stereocenters. The lowest BCUT2D eigenvalue weighted by atomic mass is 9.95. The molecule has 2 fully saturated rings. The predicted octanol–water partition coefficient (Wildman–Crippen LogP) is 0.948. The van der Waals surface area contributed by atoms with Crippen LogP contribution in [-0.2, 0) is 11.3 Å². The van der Waals surface area contributed by atoms with Gasteiger partial charge in [0, 0.05) is 12.6 Å². The molecule has 2 bridgehead atoms. The smallest absolute Gasteiger partial charge is 0.0880 e. The second-order valence-corrected chi connectivity index (χ2v) is 4.55. The van der Waals surface area contributed by atoms with Gasteiger partial charge in [0.2, 0.25) is 0 Å². The van der Waals surface area contributed by atoms with Crippen molar-refractivity contribution >= 4 is 11.7 Å². The number of nitrogens with one attached hydrogen (secondary N) is 1. The molecule has 76 valence electrons. The van der Waals surface area contributed by atoms with E-state index in [9.17, 15) is 0 Å². The van der Waals surface area contributed by atoms with Crippen molar-refractivity contribution in [2.45, 2.75) is 44.1 Å². The largest absolute Gasteiger partial charge is 0.373 e. The van der Waals surface area contributed by atoms with Crippen molar-refractivity contribution in [1.82, 2.24) is 14.1 Å². The van der Waals surface area contributed by atoms with E-state index in [-0.39, 0.29) is 0 Å². The van der Waals surface area contributed by atoms with Crippen LogP contribution in [-0.4, -0.2) is 27.0 Å². The summed E-state index contributed by atoms with van der Waals surface area (Å²) in [6, 6.07) is 0.537. The first kappa shape index (κ1) is 8.76. The van der Waals surface area contributed by atoms with Gasteiger partial charge in [-0.25, -0.2) is 0 Å². The van der Waals surface area contributed by atoms with Crippen molar-refractivity contribution in [3.05, 3.63) is 11.9 Å². The molecule has 4 nitrogen and oxygen atoms in total. The third-order valence-electron chi connectivity index (χ3n) is 3.06. The number of nitrogens with zero attached hydrogens (tertiary/aromatic N) is 2. The molecule has 3 unspecified atom stereocenters. The lowest BCUT2D eigenvalue weighted by Crippen LogP contribution is -2.37. The predicted molar refractivity (Wildman–Crippen MR) is 53.0 cm³/mol. The molecular formula is C9H13N3OS. The molecule has 0 radical (unpaired) electrons. The quantitative estimate of drug-likeness (QED) is 0.808. The van der Waals surface area contributed by atoms with Gasteiger partial charge >= 0.3 is 0 Å². The van der Waals surface area contributed by atoms with Crippen molar-refractivity contribution < 1.29 is 4.74 Å². The molecule has 0 saturated carbocycles. The summed E-state index contributed by atoms with van der Waals surface area (Å²) in [6.07, 6.45) is 6.44. The number of fused-ring (bicyclic) bond motifs is 2. The van der Waals surface area contributed by atoms with E-state index in [1.165, 1.54) is 31.0 Å². The average Bonchev–Trinajstić information content (AvgIpc) is 2.91. The van der Waals surface area contributed by atoms with E-state index in [0.717, 1.165) is 12.2 Å². The molecule has 3 rings (SSSR count). The summed E-state index contributed by atoms with van der Waals surface area (Å²) in [4.78, 5) is 0. The van der Waals surface area contributed by atoms with Gasteiger partial charge in [-0.05, 0) is 19.3 Å². The summed E-state index contributed by atoms with van der Waals surface area (Å²) in [5, 5.41) is 3.49. The number of aromatic nitrogens is 2. The minimum absolute atomic E-state index is 0.451. The molecule has 0 amide bonds. The van der Waals surface area contributed by atoms with Gasteiger partial charge < -0.3 is 10.1 Å². The second kappa shape index (κ2) is 3.56. The van der Waals surface area contributed by atoms with Crippen molar-refractivity contribution in [2.75, 3.05) is 0 Å². The third-order valence-corrected chi connectivity index (χ3v) is 3.57. The van der Waals surface area contributed by atoms with Crippen LogP contribution in [0.2, 0.25) is 0 Å². The van der Waals surface area contributed by atoms with Crippen LogP contribution in [0.5, 0.6) is 0 Å². The van der Waals surface area contributed by atoms with Gasteiger partial charge in [0.05, 0.1) is 35.8 Å². The van der Waals surface area contributed by atoms with Crippen LogP contribution in [0.15, 0.2) is 6.20 Å². The van der Waals surface area contributed by atoms with Gasteiger partial charge in [0.15, 0.2) is 0 Å². The van der Waals surface area contributed by atoms with Crippen LogP contribution in [0.4, 0.5) is 0 Å². The van der Waals surface area contributed by atoms with E-state index < -0.39 is 0 Å². The maximum absolute atomic E-state index is 5.76. The van der Waals surface area contributed by atoms with E-state index in [4.69, 9.17) is 4.74 Å². The lowest BCUT2D eigenvalue weighted by Gasteiger charge is -2.19. The van der Waals surface area contributed by atoms with Crippen LogP contribution in [0.3, 0.4) is 0 Å². The Morgan fingerprint density at radius 2 is 2.57 bits per heavy atom. The summed E-state index contributed by atoms with van der Waals surface area (Å²) in [7, 11) is 0. The molecule has 0 aromatic carbocycles. The Morgan fingerprint density at radius 3 is 3.21 bits per heavy atom. The molecule has 1 aromatic heterocycles. The molecule has 2 aliphatic rings. The lowest BCUT2D eigenvalue weighted by molar-refractivity contribution is 0.0972. The Balaban J connectivity index is 1.54. The van der Waals surface area contributed by atoms with Crippen LogP contribution in [0.25, 0.3) is 0 Å². The highest BCUT2D eigenvalue weighted by Gasteiger charge is 2.40. The van der Waals surface area contributed by atoms with Gasteiger partial charge in [0.25, 0.3) is 0 Å². The number of hydrogen-bond donors (Lipinski definition) is 1. The summed E-state index contributed by atoms with van der Waals surface area (Å²) < 4.78 is 13.9. The minimum Gasteiger partial charge on any atom is -0.373 e. The molecule has 0 aliphatic carbocycles. The summed E-state index contributed by atoms with van der Waals surface area (Å²) in [5.74, 6) is 0. The molecule has 5 heteroatoms. The van der Waals surface area contributed by atoms with E-state index >= 15 is 0 Å². The molecular weight excluding hydrogens is 198 g/mol. The van der Waals surface area contributed by atoms with Crippen molar-refractivity contribution in [3.63, 3.8) is 0 Å². The number of hydrogen-bond acceptors (Lipinski definition) is 5.